The lowest BCUT2D eigenvalue weighted by molar-refractivity contribution is -0.117. The van der Waals surface area contributed by atoms with E-state index in [9.17, 15) is 9.59 Å². The number of likely N-dealkylation sites (tertiary alicyclic amines) is 1. The molecule has 0 aromatic heterocycles. The fourth-order valence-corrected chi connectivity index (χ4v) is 2.64. The van der Waals surface area contributed by atoms with Crippen molar-refractivity contribution in [2.24, 2.45) is 5.41 Å². The summed E-state index contributed by atoms with van der Waals surface area (Å²) in [6.07, 6.45) is 2.38. The molecule has 1 aromatic carbocycles. The highest BCUT2D eigenvalue weighted by Crippen LogP contribution is 2.32. The van der Waals surface area contributed by atoms with Crippen LogP contribution >= 0.6 is 0 Å². The Balaban J connectivity index is 1.96. The number of nitrogens with zero attached hydrogens (tertiary/aromatic N) is 1. The molecule has 1 saturated heterocycles. The molecule has 1 aromatic rings. The van der Waals surface area contributed by atoms with Crippen molar-refractivity contribution in [3.8, 4) is 0 Å². The number of benzene rings is 1. The van der Waals surface area contributed by atoms with Crippen molar-refractivity contribution in [3.05, 3.63) is 35.9 Å². The molecule has 0 aliphatic carbocycles. The average molecular weight is 275 g/mol. The van der Waals surface area contributed by atoms with Crippen LogP contribution in [-0.2, 0) is 16.1 Å². The third kappa shape index (κ3) is 3.18. The lowest BCUT2D eigenvalue weighted by Crippen LogP contribution is -2.45. The van der Waals surface area contributed by atoms with Gasteiger partial charge >= 0.3 is 6.09 Å². The maximum atomic E-state index is 12.2. The standard InChI is InChI=1S/C16H21NO3/c1-16(2,12-18)14-9-6-10-17(14)15(19)20-11-13-7-4-3-5-8-13/h3-5,7-8,12,14H,6,9-11H2,1-2H3/t14-/m1/s1. The summed E-state index contributed by atoms with van der Waals surface area (Å²) in [5.74, 6) is 0. The van der Waals surface area contributed by atoms with E-state index in [2.05, 4.69) is 0 Å². The van der Waals surface area contributed by atoms with E-state index in [1.165, 1.54) is 0 Å². The van der Waals surface area contributed by atoms with Gasteiger partial charge in [0.2, 0.25) is 0 Å². The van der Waals surface area contributed by atoms with Crippen molar-refractivity contribution < 1.29 is 14.3 Å². The molecule has 1 aliphatic heterocycles. The summed E-state index contributed by atoms with van der Waals surface area (Å²) < 4.78 is 5.35. The Hall–Kier alpha value is -1.84. The van der Waals surface area contributed by atoms with Crippen LogP contribution in [0, 0.1) is 5.41 Å². The molecule has 1 aliphatic rings. The smallest absolute Gasteiger partial charge is 0.410 e. The van der Waals surface area contributed by atoms with Crippen LogP contribution in [0.15, 0.2) is 30.3 Å². The van der Waals surface area contributed by atoms with Crippen molar-refractivity contribution in [3.63, 3.8) is 0 Å². The highest BCUT2D eigenvalue weighted by molar-refractivity contribution is 5.70. The minimum absolute atomic E-state index is 0.0664. The van der Waals surface area contributed by atoms with Gasteiger partial charge in [-0.3, -0.25) is 0 Å². The van der Waals surface area contributed by atoms with Crippen LogP contribution in [0.4, 0.5) is 4.79 Å². The Morgan fingerprint density at radius 3 is 2.75 bits per heavy atom. The first kappa shape index (κ1) is 14.6. The van der Waals surface area contributed by atoms with E-state index >= 15 is 0 Å². The number of hydrogen-bond donors (Lipinski definition) is 0. The van der Waals surface area contributed by atoms with E-state index in [-0.39, 0.29) is 18.7 Å². The van der Waals surface area contributed by atoms with Gasteiger partial charge < -0.3 is 14.4 Å². The minimum atomic E-state index is -0.526. The number of hydrogen-bond acceptors (Lipinski definition) is 3. The first-order valence-corrected chi connectivity index (χ1v) is 6.98. The molecule has 108 valence electrons. The van der Waals surface area contributed by atoms with Gasteiger partial charge in [-0.1, -0.05) is 44.2 Å². The first-order chi connectivity index (χ1) is 9.54. The van der Waals surface area contributed by atoms with E-state index in [1.54, 1.807) is 4.90 Å². The molecule has 20 heavy (non-hydrogen) atoms. The number of aldehydes is 1. The van der Waals surface area contributed by atoms with Gasteiger partial charge in [-0.2, -0.15) is 0 Å². The highest BCUT2D eigenvalue weighted by atomic mass is 16.6. The summed E-state index contributed by atoms with van der Waals surface area (Å²) in [6, 6.07) is 9.53. The van der Waals surface area contributed by atoms with Crippen LogP contribution in [-0.4, -0.2) is 29.9 Å². The summed E-state index contributed by atoms with van der Waals surface area (Å²) in [5, 5.41) is 0. The van der Waals surface area contributed by atoms with Gasteiger partial charge in [0.05, 0.1) is 0 Å². The summed E-state index contributed by atoms with van der Waals surface area (Å²) in [5.41, 5.74) is 0.439. The zero-order valence-corrected chi connectivity index (χ0v) is 12.0. The van der Waals surface area contributed by atoms with Gasteiger partial charge in [0.1, 0.15) is 12.9 Å². The van der Waals surface area contributed by atoms with Gasteiger partial charge in [0, 0.05) is 18.0 Å². The molecule has 1 heterocycles. The predicted molar refractivity (Wildman–Crippen MR) is 76.2 cm³/mol. The number of rotatable bonds is 4. The molecule has 1 fully saturated rings. The monoisotopic (exact) mass is 275 g/mol. The van der Waals surface area contributed by atoms with E-state index in [1.807, 2.05) is 44.2 Å². The third-order valence-corrected chi connectivity index (χ3v) is 3.86. The van der Waals surface area contributed by atoms with Gasteiger partial charge in [-0.05, 0) is 18.4 Å². The highest BCUT2D eigenvalue weighted by Gasteiger charge is 2.40. The molecular weight excluding hydrogens is 254 g/mol. The summed E-state index contributed by atoms with van der Waals surface area (Å²) in [7, 11) is 0. The molecular formula is C16H21NO3. The first-order valence-electron chi connectivity index (χ1n) is 6.98. The largest absolute Gasteiger partial charge is 0.445 e. The van der Waals surface area contributed by atoms with Gasteiger partial charge in [0.15, 0.2) is 0 Å². The van der Waals surface area contributed by atoms with Crippen molar-refractivity contribution in [2.45, 2.75) is 39.3 Å². The fraction of sp³-hybridized carbons (Fsp3) is 0.500. The number of ether oxygens (including phenoxy) is 1. The molecule has 4 heteroatoms. The van der Waals surface area contributed by atoms with Crippen molar-refractivity contribution >= 4 is 12.4 Å². The Morgan fingerprint density at radius 1 is 1.40 bits per heavy atom. The molecule has 1 atom stereocenters. The van der Waals surface area contributed by atoms with Gasteiger partial charge in [-0.25, -0.2) is 4.79 Å². The number of carbonyl (C=O) groups is 2. The molecule has 0 spiro atoms. The van der Waals surface area contributed by atoms with Gasteiger partial charge in [0.25, 0.3) is 0 Å². The maximum absolute atomic E-state index is 12.2. The van der Waals surface area contributed by atoms with E-state index in [0.29, 0.717) is 6.54 Å². The molecule has 0 saturated carbocycles. The van der Waals surface area contributed by atoms with E-state index in [0.717, 1.165) is 24.7 Å². The Kier molecular flexibility index (Phi) is 4.42. The molecule has 2 rings (SSSR count). The maximum Gasteiger partial charge on any atom is 0.410 e. The molecule has 0 N–H and O–H groups in total. The van der Waals surface area contributed by atoms with Crippen molar-refractivity contribution in [2.75, 3.05) is 6.54 Å². The van der Waals surface area contributed by atoms with Gasteiger partial charge in [-0.15, -0.1) is 0 Å². The Bertz CT molecular complexity index is 470. The van der Waals surface area contributed by atoms with Crippen LogP contribution in [0.2, 0.25) is 0 Å². The zero-order valence-electron chi connectivity index (χ0n) is 12.0. The third-order valence-electron chi connectivity index (χ3n) is 3.86. The summed E-state index contributed by atoms with van der Waals surface area (Å²) >= 11 is 0. The van der Waals surface area contributed by atoms with Crippen LogP contribution < -0.4 is 0 Å². The molecule has 0 unspecified atom stereocenters. The molecule has 0 radical (unpaired) electrons. The normalized spacial score (nSPS) is 18.9. The molecule has 4 nitrogen and oxygen atoms in total. The number of carbonyl (C=O) groups excluding carboxylic acids is 2. The molecule has 1 amide bonds. The average Bonchev–Trinajstić information content (AvgIpc) is 2.96. The quantitative estimate of drug-likeness (QED) is 0.793. The van der Waals surface area contributed by atoms with E-state index < -0.39 is 5.41 Å². The lowest BCUT2D eigenvalue weighted by atomic mass is 9.84. The fourth-order valence-electron chi connectivity index (χ4n) is 2.64. The summed E-state index contributed by atoms with van der Waals surface area (Å²) in [4.78, 5) is 25.1. The van der Waals surface area contributed by atoms with Crippen LogP contribution in [0.25, 0.3) is 0 Å². The predicted octanol–water partition coefficient (Wildman–Crippen LogP) is 3.01. The van der Waals surface area contributed by atoms with E-state index in [4.69, 9.17) is 4.74 Å². The zero-order chi connectivity index (χ0) is 14.6. The SMILES string of the molecule is CC(C)(C=O)[C@H]1CCCN1C(=O)OCc1ccccc1. The van der Waals surface area contributed by atoms with Crippen LogP contribution in [0.5, 0.6) is 0 Å². The topological polar surface area (TPSA) is 46.6 Å². The second kappa shape index (κ2) is 6.07. The lowest BCUT2D eigenvalue weighted by Gasteiger charge is -2.33. The second-order valence-corrected chi connectivity index (χ2v) is 5.83. The van der Waals surface area contributed by atoms with Crippen LogP contribution in [0.1, 0.15) is 32.3 Å². The molecule has 0 bridgehead atoms. The van der Waals surface area contributed by atoms with Crippen molar-refractivity contribution in [1.29, 1.82) is 0 Å². The van der Waals surface area contributed by atoms with Crippen LogP contribution in [0.3, 0.4) is 0 Å². The number of amides is 1. The Labute approximate surface area is 119 Å². The second-order valence-electron chi connectivity index (χ2n) is 5.83. The Morgan fingerprint density at radius 2 is 2.10 bits per heavy atom. The summed E-state index contributed by atoms with van der Waals surface area (Å²) in [6.45, 7) is 4.67. The van der Waals surface area contributed by atoms with Crippen molar-refractivity contribution in [1.82, 2.24) is 4.90 Å². The minimum Gasteiger partial charge on any atom is -0.445 e.